The molecule has 10 aromatic rings. The molecule has 58 heavy (non-hydrogen) atoms. The predicted molar refractivity (Wildman–Crippen MR) is 243 cm³/mol. The Balaban J connectivity index is 1.01. The Kier molecular flexibility index (Phi) is 9.23. The lowest BCUT2D eigenvalue weighted by atomic mass is 9.98. The van der Waals surface area contributed by atoms with Gasteiger partial charge in [0.1, 0.15) is 5.82 Å². The molecule has 1 aromatic heterocycles. The lowest BCUT2D eigenvalue weighted by Gasteiger charge is -2.26. The first kappa shape index (κ1) is 34.7. The minimum atomic E-state index is 0.929. The molecule has 1 heterocycles. The molecule has 0 amide bonds. The van der Waals surface area contributed by atoms with E-state index in [4.69, 9.17) is 4.98 Å². The first-order valence-electron chi connectivity index (χ1n) is 19.7. The molecule has 0 aliphatic carbocycles. The van der Waals surface area contributed by atoms with E-state index in [1.54, 1.807) is 0 Å². The van der Waals surface area contributed by atoms with Gasteiger partial charge in [-0.1, -0.05) is 170 Å². The van der Waals surface area contributed by atoms with Crippen molar-refractivity contribution in [2.24, 2.45) is 0 Å². The number of rotatable bonds is 9. The third-order valence-electron chi connectivity index (χ3n) is 10.8. The first-order valence-corrected chi connectivity index (χ1v) is 19.7. The molecule has 10 rings (SSSR count). The molecular weight excluding hydrogens is 703 g/mol. The molecule has 0 N–H and O–H groups in total. The van der Waals surface area contributed by atoms with Crippen molar-refractivity contribution in [2.45, 2.75) is 0 Å². The van der Waals surface area contributed by atoms with Gasteiger partial charge in [0.05, 0.1) is 11.0 Å². The fourth-order valence-electron chi connectivity index (χ4n) is 7.89. The van der Waals surface area contributed by atoms with Crippen LogP contribution in [0.2, 0.25) is 0 Å². The monoisotopic (exact) mass is 741 g/mol. The summed E-state index contributed by atoms with van der Waals surface area (Å²) in [5.74, 6) is 0.929. The van der Waals surface area contributed by atoms with Gasteiger partial charge < -0.3 is 4.90 Å². The quantitative estimate of drug-likeness (QED) is 0.147. The summed E-state index contributed by atoms with van der Waals surface area (Å²) in [6, 6.07) is 84.1. The molecule has 9 aromatic carbocycles. The maximum atomic E-state index is 5.07. The van der Waals surface area contributed by atoms with E-state index in [0.717, 1.165) is 56.3 Å². The van der Waals surface area contributed by atoms with Crippen LogP contribution in [0.25, 0.3) is 72.6 Å². The number of hydrogen-bond donors (Lipinski definition) is 0. The third kappa shape index (κ3) is 6.87. The Hall–Kier alpha value is -7.75. The Morgan fingerprint density at radius 2 is 0.672 bits per heavy atom. The highest BCUT2D eigenvalue weighted by molar-refractivity contribution is 5.85. The van der Waals surface area contributed by atoms with E-state index < -0.39 is 0 Å². The normalized spacial score (nSPS) is 11.1. The minimum absolute atomic E-state index is 0.929. The van der Waals surface area contributed by atoms with Crippen molar-refractivity contribution in [3.8, 4) is 61.6 Å². The summed E-state index contributed by atoms with van der Waals surface area (Å²) in [6.45, 7) is 0. The second kappa shape index (κ2) is 15.4. The zero-order chi connectivity index (χ0) is 38.7. The topological polar surface area (TPSA) is 21.1 Å². The Morgan fingerprint density at radius 3 is 1.21 bits per heavy atom. The van der Waals surface area contributed by atoms with Crippen LogP contribution in [0.15, 0.2) is 237 Å². The fraction of sp³-hybridized carbons (Fsp3) is 0. The predicted octanol–water partition coefficient (Wildman–Crippen LogP) is 14.8. The number of imidazole rings is 1. The van der Waals surface area contributed by atoms with Crippen molar-refractivity contribution < 1.29 is 0 Å². The van der Waals surface area contributed by atoms with Gasteiger partial charge in [0.2, 0.25) is 0 Å². The molecule has 0 unspecified atom stereocenters. The van der Waals surface area contributed by atoms with E-state index in [1.165, 1.54) is 33.4 Å². The van der Waals surface area contributed by atoms with E-state index in [1.807, 2.05) is 12.1 Å². The molecule has 0 atom stereocenters. The van der Waals surface area contributed by atoms with Gasteiger partial charge in [-0.2, -0.15) is 0 Å². The minimum Gasteiger partial charge on any atom is -0.311 e. The average molecular weight is 742 g/mol. The largest absolute Gasteiger partial charge is 0.311 e. The van der Waals surface area contributed by atoms with Gasteiger partial charge in [0.25, 0.3) is 0 Å². The van der Waals surface area contributed by atoms with Gasteiger partial charge >= 0.3 is 0 Å². The van der Waals surface area contributed by atoms with Crippen molar-refractivity contribution in [2.75, 3.05) is 4.90 Å². The number of para-hydroxylation sites is 2. The molecule has 0 fully saturated rings. The Morgan fingerprint density at radius 1 is 0.293 bits per heavy atom. The number of fused-ring (bicyclic) bond motifs is 1. The summed E-state index contributed by atoms with van der Waals surface area (Å²) in [6.07, 6.45) is 0. The third-order valence-corrected chi connectivity index (χ3v) is 10.8. The van der Waals surface area contributed by atoms with E-state index in [2.05, 4.69) is 234 Å². The molecule has 0 radical (unpaired) electrons. The average Bonchev–Trinajstić information content (AvgIpc) is 3.71. The van der Waals surface area contributed by atoms with Gasteiger partial charge in [-0.15, -0.1) is 0 Å². The summed E-state index contributed by atoms with van der Waals surface area (Å²) in [5, 5.41) is 0. The Labute approximate surface area is 339 Å². The van der Waals surface area contributed by atoms with Crippen LogP contribution in [-0.2, 0) is 0 Å². The van der Waals surface area contributed by atoms with Gasteiger partial charge in [-0.05, 0) is 111 Å². The lowest BCUT2D eigenvalue weighted by molar-refractivity contribution is 1.10. The summed E-state index contributed by atoms with van der Waals surface area (Å²) >= 11 is 0. The van der Waals surface area contributed by atoms with Crippen LogP contribution in [0.1, 0.15) is 0 Å². The zero-order valence-corrected chi connectivity index (χ0v) is 31.9. The second-order valence-electron chi connectivity index (χ2n) is 14.5. The molecule has 0 aliphatic rings. The van der Waals surface area contributed by atoms with Crippen LogP contribution in [-0.4, -0.2) is 9.55 Å². The molecular formula is C55H39N3. The van der Waals surface area contributed by atoms with Crippen LogP contribution < -0.4 is 4.90 Å². The molecule has 3 heteroatoms. The van der Waals surface area contributed by atoms with Crippen LogP contribution in [0.5, 0.6) is 0 Å². The van der Waals surface area contributed by atoms with Crippen LogP contribution in [0.4, 0.5) is 17.1 Å². The molecule has 0 bridgehead atoms. The second-order valence-corrected chi connectivity index (χ2v) is 14.5. The molecule has 0 saturated heterocycles. The fourth-order valence-corrected chi connectivity index (χ4v) is 7.89. The number of hydrogen-bond acceptors (Lipinski definition) is 2. The van der Waals surface area contributed by atoms with Gasteiger partial charge in [-0.25, -0.2) is 4.98 Å². The molecule has 274 valence electrons. The van der Waals surface area contributed by atoms with Crippen molar-refractivity contribution in [1.82, 2.24) is 9.55 Å². The smallest absolute Gasteiger partial charge is 0.145 e. The zero-order valence-electron chi connectivity index (χ0n) is 31.9. The van der Waals surface area contributed by atoms with Gasteiger partial charge in [-0.3, -0.25) is 4.57 Å². The van der Waals surface area contributed by atoms with Crippen molar-refractivity contribution in [1.29, 1.82) is 0 Å². The first-order chi connectivity index (χ1) is 28.7. The number of benzene rings is 9. The molecule has 0 spiro atoms. The number of anilines is 3. The van der Waals surface area contributed by atoms with Crippen LogP contribution in [0, 0.1) is 0 Å². The Bertz CT molecular complexity index is 2950. The molecule has 0 aliphatic heterocycles. The highest BCUT2D eigenvalue weighted by Crippen LogP contribution is 2.39. The van der Waals surface area contributed by atoms with Crippen molar-refractivity contribution >= 4 is 28.1 Å². The van der Waals surface area contributed by atoms with E-state index in [-0.39, 0.29) is 0 Å². The van der Waals surface area contributed by atoms with Gasteiger partial charge in [0.15, 0.2) is 0 Å². The summed E-state index contributed by atoms with van der Waals surface area (Å²) in [5.41, 5.74) is 16.9. The number of nitrogens with zero attached hydrogens (tertiary/aromatic N) is 3. The maximum Gasteiger partial charge on any atom is 0.145 e. The van der Waals surface area contributed by atoms with Crippen molar-refractivity contribution in [3.05, 3.63) is 237 Å². The van der Waals surface area contributed by atoms with Crippen LogP contribution in [0.3, 0.4) is 0 Å². The lowest BCUT2D eigenvalue weighted by Crippen LogP contribution is -2.09. The molecule has 0 saturated carbocycles. The SMILES string of the molecule is c1ccc(-c2ccc(N(c3ccc(-c4cccc(-c5ccccc5)c4)cc3)c3ccc(-c4cccc(-n5c(-c6ccccc6)nc6ccccc65)c4)cc3)cc2)cc1. The van der Waals surface area contributed by atoms with E-state index in [9.17, 15) is 0 Å². The maximum absolute atomic E-state index is 5.07. The standard InChI is InChI=1S/C55H39N3/c1-4-14-40(15-5-1)42-26-32-49(33-27-42)57(50-34-28-43(29-35-50)47-21-12-20-46(38-47)41-16-6-2-7-17-41)51-36-30-44(31-37-51)48-22-13-23-52(39-48)58-54-25-11-10-24-53(54)56-55(58)45-18-8-3-9-19-45/h1-39H. The summed E-state index contributed by atoms with van der Waals surface area (Å²) in [7, 11) is 0. The van der Waals surface area contributed by atoms with Crippen molar-refractivity contribution in [3.63, 3.8) is 0 Å². The highest BCUT2D eigenvalue weighted by atomic mass is 15.1. The van der Waals surface area contributed by atoms with Gasteiger partial charge in [0, 0.05) is 28.3 Å². The van der Waals surface area contributed by atoms with E-state index >= 15 is 0 Å². The highest BCUT2D eigenvalue weighted by Gasteiger charge is 2.17. The van der Waals surface area contributed by atoms with Crippen LogP contribution >= 0.6 is 0 Å². The molecule has 3 nitrogen and oxygen atoms in total. The van der Waals surface area contributed by atoms with E-state index in [0.29, 0.717) is 0 Å². The number of aromatic nitrogens is 2. The summed E-state index contributed by atoms with van der Waals surface area (Å²) < 4.78 is 2.27. The summed E-state index contributed by atoms with van der Waals surface area (Å²) in [4.78, 5) is 7.41.